The van der Waals surface area contributed by atoms with Crippen molar-refractivity contribution in [3.63, 3.8) is 0 Å². The molecule has 2 N–H and O–H groups in total. The fourth-order valence-corrected chi connectivity index (χ4v) is 4.15. The molecule has 3 rings (SSSR count). The van der Waals surface area contributed by atoms with Crippen molar-refractivity contribution < 1.29 is 4.74 Å². The molecular formula is C19H15BrN4O. The molecule has 2 atom stereocenters. The van der Waals surface area contributed by atoms with Gasteiger partial charge in [-0.1, -0.05) is 22.4 Å². The van der Waals surface area contributed by atoms with E-state index in [4.69, 9.17) is 10.5 Å². The van der Waals surface area contributed by atoms with Crippen molar-refractivity contribution in [2.45, 2.75) is 31.6 Å². The zero-order valence-corrected chi connectivity index (χ0v) is 15.0. The van der Waals surface area contributed by atoms with E-state index in [9.17, 15) is 15.8 Å². The van der Waals surface area contributed by atoms with Crippen LogP contribution in [-0.2, 0) is 0 Å². The monoisotopic (exact) mass is 394 g/mol. The average molecular weight is 395 g/mol. The summed E-state index contributed by atoms with van der Waals surface area (Å²) < 4.78 is 6.50. The van der Waals surface area contributed by atoms with Gasteiger partial charge in [0.2, 0.25) is 5.88 Å². The van der Waals surface area contributed by atoms with E-state index in [0.29, 0.717) is 17.7 Å². The number of hydrogen-bond acceptors (Lipinski definition) is 5. The van der Waals surface area contributed by atoms with Gasteiger partial charge in [-0.15, -0.1) is 0 Å². The van der Waals surface area contributed by atoms with E-state index < -0.39 is 0 Å². The second-order valence-corrected chi connectivity index (χ2v) is 7.04. The number of benzene rings is 1. The summed E-state index contributed by atoms with van der Waals surface area (Å²) in [4.78, 5) is 0. The summed E-state index contributed by atoms with van der Waals surface area (Å²) >= 11 is 3.47. The molecular weight excluding hydrogens is 380 g/mol. The smallest absolute Gasteiger partial charge is 0.205 e. The molecule has 1 aliphatic heterocycles. The molecule has 1 heterocycles. The lowest BCUT2D eigenvalue weighted by Crippen LogP contribution is -2.28. The third-order valence-corrected chi connectivity index (χ3v) is 5.32. The lowest BCUT2D eigenvalue weighted by Gasteiger charge is -2.36. The Morgan fingerprint density at radius 3 is 2.64 bits per heavy atom. The standard InChI is InChI=1S/C19H15BrN4O/c20-12-5-6-17-15(7-12)18(16(10-23)19(24)25-17)14-4-2-1-3-13(14)11(8-21)9-22/h5-7,14,18H,1-4,24H2. The van der Waals surface area contributed by atoms with Crippen LogP contribution in [0.3, 0.4) is 0 Å². The van der Waals surface area contributed by atoms with Gasteiger partial charge in [-0.3, -0.25) is 0 Å². The Morgan fingerprint density at radius 1 is 1.20 bits per heavy atom. The fraction of sp³-hybridized carbons (Fsp3) is 0.316. The number of hydrogen-bond donors (Lipinski definition) is 1. The molecule has 2 unspecified atom stereocenters. The number of rotatable bonds is 1. The summed E-state index contributed by atoms with van der Waals surface area (Å²) in [6.07, 6.45) is 3.42. The van der Waals surface area contributed by atoms with Crippen molar-refractivity contribution in [3.8, 4) is 24.0 Å². The Kier molecular flexibility index (Phi) is 4.79. The Hall–Kier alpha value is -2.75. The minimum atomic E-state index is -0.307. The summed E-state index contributed by atoms with van der Waals surface area (Å²) in [6, 6.07) is 11.8. The van der Waals surface area contributed by atoms with Crippen LogP contribution in [0.1, 0.15) is 37.2 Å². The first-order valence-corrected chi connectivity index (χ1v) is 8.80. The molecule has 0 saturated heterocycles. The molecule has 5 nitrogen and oxygen atoms in total. The highest BCUT2D eigenvalue weighted by Crippen LogP contribution is 2.49. The predicted molar refractivity (Wildman–Crippen MR) is 94.5 cm³/mol. The van der Waals surface area contributed by atoms with Gasteiger partial charge in [0.15, 0.2) is 0 Å². The van der Waals surface area contributed by atoms with Gasteiger partial charge in [0.1, 0.15) is 29.5 Å². The van der Waals surface area contributed by atoms with Gasteiger partial charge >= 0.3 is 0 Å². The van der Waals surface area contributed by atoms with Gasteiger partial charge in [0, 0.05) is 16.0 Å². The predicted octanol–water partition coefficient (Wildman–Crippen LogP) is 4.15. The maximum Gasteiger partial charge on any atom is 0.205 e. The third kappa shape index (κ3) is 3.00. The van der Waals surface area contributed by atoms with Gasteiger partial charge in [0.25, 0.3) is 0 Å². The van der Waals surface area contributed by atoms with Crippen molar-refractivity contribution >= 4 is 15.9 Å². The Morgan fingerprint density at radius 2 is 1.96 bits per heavy atom. The Balaban J connectivity index is 2.22. The van der Waals surface area contributed by atoms with E-state index in [1.807, 2.05) is 30.3 Å². The number of nitrogens with zero attached hydrogens (tertiary/aromatic N) is 3. The highest BCUT2D eigenvalue weighted by molar-refractivity contribution is 9.10. The molecule has 1 aliphatic carbocycles. The highest BCUT2D eigenvalue weighted by Gasteiger charge is 2.38. The van der Waals surface area contributed by atoms with Gasteiger partial charge in [0.05, 0.1) is 5.57 Å². The molecule has 1 aromatic carbocycles. The molecule has 0 bridgehead atoms. The summed E-state index contributed by atoms with van der Waals surface area (Å²) in [5, 5.41) is 28.4. The first kappa shape index (κ1) is 17.1. The molecule has 1 saturated carbocycles. The van der Waals surface area contributed by atoms with Crippen LogP contribution in [0.15, 0.2) is 45.3 Å². The van der Waals surface area contributed by atoms with Gasteiger partial charge in [-0.25, -0.2) is 0 Å². The van der Waals surface area contributed by atoms with E-state index >= 15 is 0 Å². The maximum atomic E-state index is 9.67. The van der Waals surface area contributed by atoms with Crippen molar-refractivity contribution in [2.75, 3.05) is 0 Å². The molecule has 0 spiro atoms. The summed E-state index contributed by atoms with van der Waals surface area (Å²) in [5.74, 6) is 0.305. The molecule has 0 aromatic heterocycles. The normalized spacial score (nSPS) is 22.1. The van der Waals surface area contributed by atoms with Crippen LogP contribution in [0.5, 0.6) is 5.75 Å². The van der Waals surface area contributed by atoms with Gasteiger partial charge in [-0.05, 0) is 49.0 Å². The van der Waals surface area contributed by atoms with E-state index in [2.05, 4.69) is 22.0 Å². The molecule has 2 aliphatic rings. The average Bonchev–Trinajstić information content (AvgIpc) is 2.62. The van der Waals surface area contributed by atoms with Crippen molar-refractivity contribution in [1.29, 1.82) is 15.8 Å². The zero-order valence-electron chi connectivity index (χ0n) is 13.4. The fourth-order valence-electron chi connectivity index (χ4n) is 3.77. The van der Waals surface area contributed by atoms with Gasteiger partial charge in [-0.2, -0.15) is 15.8 Å². The summed E-state index contributed by atoms with van der Waals surface area (Å²) in [7, 11) is 0. The molecule has 25 heavy (non-hydrogen) atoms. The summed E-state index contributed by atoms with van der Waals surface area (Å²) in [5.41, 5.74) is 8.21. The van der Waals surface area contributed by atoms with Crippen LogP contribution in [0.4, 0.5) is 0 Å². The summed E-state index contributed by atoms with van der Waals surface area (Å²) in [6.45, 7) is 0. The van der Waals surface area contributed by atoms with Crippen molar-refractivity contribution in [3.05, 3.63) is 50.8 Å². The van der Waals surface area contributed by atoms with Crippen molar-refractivity contribution in [1.82, 2.24) is 0 Å². The van der Waals surface area contributed by atoms with Crippen molar-refractivity contribution in [2.24, 2.45) is 11.7 Å². The van der Waals surface area contributed by atoms with Crippen LogP contribution in [0.25, 0.3) is 0 Å². The largest absolute Gasteiger partial charge is 0.440 e. The van der Waals surface area contributed by atoms with Crippen LogP contribution in [0, 0.1) is 39.9 Å². The van der Waals surface area contributed by atoms with E-state index in [1.165, 1.54) is 0 Å². The topological polar surface area (TPSA) is 107 Å². The minimum absolute atomic E-state index is 0.0997. The minimum Gasteiger partial charge on any atom is -0.440 e. The van der Waals surface area contributed by atoms with Gasteiger partial charge < -0.3 is 10.5 Å². The molecule has 1 aromatic rings. The van der Waals surface area contributed by atoms with Crippen LogP contribution in [-0.4, -0.2) is 0 Å². The number of nitriles is 3. The lowest BCUT2D eigenvalue weighted by atomic mass is 9.69. The quantitative estimate of drug-likeness (QED) is 0.719. The number of nitrogens with two attached hydrogens (primary N) is 1. The second-order valence-electron chi connectivity index (χ2n) is 6.13. The maximum absolute atomic E-state index is 9.67. The highest BCUT2D eigenvalue weighted by atomic mass is 79.9. The number of allylic oxidation sites excluding steroid dienone is 3. The van der Waals surface area contributed by atoms with Crippen LogP contribution >= 0.6 is 15.9 Å². The first-order valence-electron chi connectivity index (χ1n) is 8.01. The number of halogens is 1. The third-order valence-electron chi connectivity index (χ3n) is 4.83. The van der Waals surface area contributed by atoms with Crippen LogP contribution in [0.2, 0.25) is 0 Å². The Bertz CT molecular complexity index is 895. The molecule has 0 amide bonds. The zero-order chi connectivity index (χ0) is 18.0. The SMILES string of the molecule is N#CC(C#N)=C1CCCCC1C1C(C#N)=C(N)Oc2ccc(Br)cc21. The molecule has 6 heteroatoms. The number of ether oxygens (including phenoxy) is 1. The lowest BCUT2D eigenvalue weighted by molar-refractivity contribution is 0.348. The van der Waals surface area contributed by atoms with E-state index in [0.717, 1.165) is 34.9 Å². The van der Waals surface area contributed by atoms with E-state index in [1.54, 1.807) is 0 Å². The first-order chi connectivity index (χ1) is 12.1. The second kappa shape index (κ2) is 7.01. The molecule has 1 fully saturated rings. The van der Waals surface area contributed by atoms with E-state index in [-0.39, 0.29) is 23.3 Å². The molecule has 0 radical (unpaired) electrons. The Labute approximate surface area is 154 Å². The molecule has 124 valence electrons. The number of fused-ring (bicyclic) bond motifs is 1. The van der Waals surface area contributed by atoms with Crippen LogP contribution < -0.4 is 10.5 Å².